The number of halogens is 3. The highest BCUT2D eigenvalue weighted by Crippen LogP contribution is 2.42. The first-order chi connectivity index (χ1) is 19.5. The smallest absolute Gasteiger partial charge is 0.319 e. The van der Waals surface area contributed by atoms with E-state index in [-0.39, 0.29) is 22.6 Å². The van der Waals surface area contributed by atoms with Crippen molar-refractivity contribution in [1.82, 2.24) is 25.2 Å². The van der Waals surface area contributed by atoms with E-state index in [2.05, 4.69) is 25.1 Å². The number of hydrogen-bond acceptors (Lipinski definition) is 6. The van der Waals surface area contributed by atoms with Gasteiger partial charge in [-0.1, -0.05) is 17.7 Å². The standard InChI is InChI=1S/C30H31ClF2N6O/c31-21-4-1-5-23-24(21)20(13-34-23)25-22(32)12-19-27(26(25)33)36-29(40-16-30-8-2-10-39(30)11-3-9-30)37-28(19)38-14-17-6-7-18(15-38)35-17/h1,4-5,12-13,17-18,34-35H,2-3,6-11,14-16H2/t17-,18+. The van der Waals surface area contributed by atoms with Crippen molar-refractivity contribution < 1.29 is 13.5 Å². The average Bonchev–Trinajstić information content (AvgIpc) is 3.71. The van der Waals surface area contributed by atoms with E-state index in [0.717, 1.165) is 64.7 Å². The van der Waals surface area contributed by atoms with Crippen LogP contribution in [0.1, 0.15) is 38.5 Å². The number of aromatic amines is 1. The zero-order chi connectivity index (χ0) is 27.0. The Kier molecular flexibility index (Phi) is 5.73. The highest BCUT2D eigenvalue weighted by atomic mass is 35.5. The van der Waals surface area contributed by atoms with Crippen molar-refractivity contribution in [2.24, 2.45) is 0 Å². The van der Waals surface area contributed by atoms with Crippen LogP contribution in [0.15, 0.2) is 30.5 Å². The van der Waals surface area contributed by atoms with Gasteiger partial charge in [0.25, 0.3) is 0 Å². The molecule has 0 saturated carbocycles. The van der Waals surface area contributed by atoms with Crippen molar-refractivity contribution in [2.75, 3.05) is 37.7 Å². The zero-order valence-corrected chi connectivity index (χ0v) is 22.9. The summed E-state index contributed by atoms with van der Waals surface area (Å²) in [5.74, 6) is -0.871. The maximum Gasteiger partial charge on any atom is 0.319 e. The molecule has 4 aromatic rings. The number of fused-ring (bicyclic) bond motifs is 5. The summed E-state index contributed by atoms with van der Waals surface area (Å²) in [6.45, 7) is 4.09. The molecule has 6 heterocycles. The van der Waals surface area contributed by atoms with Gasteiger partial charge in [-0.2, -0.15) is 9.97 Å². The summed E-state index contributed by atoms with van der Waals surface area (Å²) >= 11 is 6.48. The number of anilines is 1. The number of piperazine rings is 1. The van der Waals surface area contributed by atoms with Gasteiger partial charge >= 0.3 is 6.01 Å². The van der Waals surface area contributed by atoms with Crippen LogP contribution in [0.25, 0.3) is 32.9 Å². The summed E-state index contributed by atoms with van der Waals surface area (Å²) in [5.41, 5.74) is 0.990. The first-order valence-corrected chi connectivity index (χ1v) is 14.7. The maximum absolute atomic E-state index is 16.5. The minimum Gasteiger partial charge on any atom is -0.461 e. The summed E-state index contributed by atoms with van der Waals surface area (Å²) in [4.78, 5) is 17.2. The largest absolute Gasteiger partial charge is 0.461 e. The molecule has 0 amide bonds. The second-order valence-electron chi connectivity index (χ2n) is 11.9. The number of H-pyrrole nitrogens is 1. The van der Waals surface area contributed by atoms with Crippen molar-refractivity contribution in [3.05, 3.63) is 47.1 Å². The first kappa shape index (κ1) is 24.8. The number of hydrogen-bond donors (Lipinski definition) is 2. The fourth-order valence-corrected chi connectivity index (χ4v) is 7.96. The van der Waals surface area contributed by atoms with E-state index < -0.39 is 11.6 Å². The topological polar surface area (TPSA) is 69.3 Å². The van der Waals surface area contributed by atoms with Crippen LogP contribution in [-0.2, 0) is 0 Å². The van der Waals surface area contributed by atoms with Crippen molar-refractivity contribution in [3.8, 4) is 17.1 Å². The molecule has 0 unspecified atom stereocenters. The van der Waals surface area contributed by atoms with E-state index in [0.29, 0.717) is 51.4 Å². The van der Waals surface area contributed by atoms with Crippen molar-refractivity contribution in [2.45, 2.75) is 56.1 Å². The lowest BCUT2D eigenvalue weighted by atomic mass is 9.95. The quantitative estimate of drug-likeness (QED) is 0.326. The molecular weight excluding hydrogens is 534 g/mol. The van der Waals surface area contributed by atoms with Gasteiger partial charge in [0, 0.05) is 53.2 Å². The van der Waals surface area contributed by atoms with E-state index in [1.54, 1.807) is 18.3 Å². The second-order valence-corrected chi connectivity index (χ2v) is 12.3. The summed E-state index contributed by atoms with van der Waals surface area (Å²) < 4.78 is 38.7. The van der Waals surface area contributed by atoms with Crippen molar-refractivity contribution in [3.63, 3.8) is 0 Å². The lowest BCUT2D eigenvalue weighted by Gasteiger charge is -2.34. The summed E-state index contributed by atoms with van der Waals surface area (Å²) in [5, 5.41) is 4.99. The van der Waals surface area contributed by atoms with Crippen LogP contribution in [0, 0.1) is 11.6 Å². The molecule has 4 aliphatic heterocycles. The van der Waals surface area contributed by atoms with Crippen LogP contribution >= 0.6 is 11.6 Å². The molecule has 4 saturated heterocycles. The van der Waals surface area contributed by atoms with Gasteiger partial charge in [-0.25, -0.2) is 8.78 Å². The molecular formula is C30H31ClF2N6O. The van der Waals surface area contributed by atoms with Crippen LogP contribution in [0.2, 0.25) is 5.02 Å². The van der Waals surface area contributed by atoms with Gasteiger partial charge in [0.15, 0.2) is 5.82 Å². The number of rotatable bonds is 5. The highest BCUT2D eigenvalue weighted by Gasteiger charge is 2.45. The SMILES string of the molecule is Fc1cc2c(N3C[C@H]4CC[C@@H](C3)N4)nc(OCC34CCCN3CCC4)nc2c(F)c1-c1c[nH]c2cccc(Cl)c12. The molecule has 0 radical (unpaired) electrons. The van der Waals surface area contributed by atoms with Crippen LogP contribution in [0.5, 0.6) is 6.01 Å². The third kappa shape index (κ3) is 3.81. The Morgan fingerprint density at radius 3 is 2.62 bits per heavy atom. The summed E-state index contributed by atoms with van der Waals surface area (Å²) in [6, 6.07) is 7.55. The van der Waals surface area contributed by atoms with Gasteiger partial charge in [-0.15, -0.1) is 0 Å². The Hall–Kier alpha value is -3.01. The molecule has 0 aliphatic carbocycles. The van der Waals surface area contributed by atoms with E-state index in [4.69, 9.17) is 21.3 Å². The predicted octanol–water partition coefficient (Wildman–Crippen LogP) is 5.66. The number of nitrogens with zero attached hydrogens (tertiary/aromatic N) is 4. The van der Waals surface area contributed by atoms with E-state index >= 15 is 8.78 Å². The lowest BCUT2D eigenvalue weighted by molar-refractivity contribution is 0.108. The third-order valence-corrected chi connectivity index (χ3v) is 9.88. The second kappa shape index (κ2) is 9.26. The average molecular weight is 565 g/mol. The van der Waals surface area contributed by atoms with Crippen molar-refractivity contribution in [1.29, 1.82) is 0 Å². The Labute approximate surface area is 235 Å². The molecule has 40 heavy (non-hydrogen) atoms. The van der Waals surface area contributed by atoms with Gasteiger partial charge in [0.05, 0.1) is 16.1 Å². The van der Waals surface area contributed by atoms with Gasteiger partial charge in [0.2, 0.25) is 0 Å². The molecule has 4 fully saturated rings. The first-order valence-electron chi connectivity index (χ1n) is 14.3. The van der Waals surface area contributed by atoms with E-state index in [1.165, 1.54) is 6.07 Å². The summed E-state index contributed by atoms with van der Waals surface area (Å²) in [6.07, 6.45) is 8.24. The Morgan fingerprint density at radius 1 is 1.07 bits per heavy atom. The molecule has 2 aromatic heterocycles. The van der Waals surface area contributed by atoms with E-state index in [1.807, 2.05) is 6.07 Å². The molecule has 208 valence electrons. The summed E-state index contributed by atoms with van der Waals surface area (Å²) in [7, 11) is 0. The number of nitrogens with one attached hydrogen (secondary N) is 2. The highest BCUT2D eigenvalue weighted by molar-refractivity contribution is 6.36. The number of aromatic nitrogens is 3. The fourth-order valence-electron chi connectivity index (χ4n) is 7.68. The predicted molar refractivity (Wildman–Crippen MR) is 152 cm³/mol. The molecule has 2 aromatic carbocycles. The maximum atomic E-state index is 16.5. The van der Waals surface area contributed by atoms with Gasteiger partial charge in [-0.3, -0.25) is 4.90 Å². The van der Waals surface area contributed by atoms with Crippen LogP contribution in [-0.4, -0.2) is 70.3 Å². The molecule has 7 nitrogen and oxygen atoms in total. The molecule has 4 aliphatic rings. The van der Waals surface area contributed by atoms with Crippen LogP contribution in [0.4, 0.5) is 14.6 Å². The lowest BCUT2D eigenvalue weighted by Crippen LogP contribution is -2.51. The Balaban J connectivity index is 1.27. The van der Waals surface area contributed by atoms with Crippen molar-refractivity contribution >= 4 is 39.2 Å². The molecule has 2 N–H and O–H groups in total. The van der Waals surface area contributed by atoms with Crippen LogP contribution in [0.3, 0.4) is 0 Å². The normalized spacial score (nSPS) is 23.9. The van der Waals surface area contributed by atoms with Gasteiger partial charge < -0.3 is 19.9 Å². The molecule has 10 heteroatoms. The third-order valence-electron chi connectivity index (χ3n) is 9.56. The van der Waals surface area contributed by atoms with Crippen LogP contribution < -0.4 is 15.0 Å². The van der Waals surface area contributed by atoms with E-state index in [9.17, 15) is 0 Å². The molecule has 2 bridgehead atoms. The molecule has 0 spiro atoms. The van der Waals surface area contributed by atoms with Gasteiger partial charge in [-0.05, 0) is 69.8 Å². The Bertz CT molecular complexity index is 1620. The number of benzene rings is 2. The minimum atomic E-state index is -0.732. The molecule has 8 rings (SSSR count). The van der Waals surface area contributed by atoms with Gasteiger partial charge in [0.1, 0.15) is 23.8 Å². The zero-order valence-electron chi connectivity index (χ0n) is 22.2. The Morgan fingerprint density at radius 2 is 1.85 bits per heavy atom. The fraction of sp³-hybridized carbons (Fsp3) is 0.467. The monoisotopic (exact) mass is 564 g/mol. The molecule has 2 atom stereocenters. The minimum absolute atomic E-state index is 0.0000776. The number of ether oxygens (including phenoxy) is 1.